The van der Waals surface area contributed by atoms with Gasteiger partial charge in [0, 0.05) is 6.04 Å². The predicted molar refractivity (Wildman–Crippen MR) is 66.0 cm³/mol. The lowest BCUT2D eigenvalue weighted by Crippen LogP contribution is -2.13. The van der Waals surface area contributed by atoms with Gasteiger partial charge in [0.1, 0.15) is 0 Å². The molecule has 1 aromatic carbocycles. The van der Waals surface area contributed by atoms with Crippen LogP contribution in [0.15, 0.2) is 42.0 Å². The molecule has 1 aromatic rings. The zero-order valence-electron chi connectivity index (χ0n) is 9.56. The fourth-order valence-electron chi connectivity index (χ4n) is 2.02. The fourth-order valence-corrected chi connectivity index (χ4v) is 2.02. The summed E-state index contributed by atoms with van der Waals surface area (Å²) in [6.07, 6.45) is 5.52. The summed E-state index contributed by atoms with van der Waals surface area (Å²) in [4.78, 5) is 0. The second-order valence-corrected chi connectivity index (χ2v) is 4.37. The van der Waals surface area contributed by atoms with Crippen molar-refractivity contribution in [1.82, 2.24) is 0 Å². The number of hydrogen-bond acceptors (Lipinski definition) is 2. The molecule has 0 radical (unpaired) electrons. The second-order valence-electron chi connectivity index (χ2n) is 4.37. The number of nitrogens with two attached hydrogens (primary N) is 1. The predicted octanol–water partition coefficient (Wildman–Crippen LogP) is 2.64. The maximum atomic E-state index is 5.84. The van der Waals surface area contributed by atoms with E-state index in [1.165, 1.54) is 11.1 Å². The number of benzene rings is 1. The van der Waals surface area contributed by atoms with Crippen molar-refractivity contribution >= 4 is 0 Å². The van der Waals surface area contributed by atoms with E-state index in [-0.39, 0.29) is 0 Å². The summed E-state index contributed by atoms with van der Waals surface area (Å²) in [5.41, 5.74) is 8.52. The van der Waals surface area contributed by atoms with Crippen LogP contribution in [0.2, 0.25) is 0 Å². The van der Waals surface area contributed by atoms with Crippen LogP contribution in [0.25, 0.3) is 0 Å². The molecule has 0 spiro atoms. The molecule has 1 atom stereocenters. The number of hydrogen-bond donors (Lipinski definition) is 1. The van der Waals surface area contributed by atoms with Crippen molar-refractivity contribution in [1.29, 1.82) is 0 Å². The summed E-state index contributed by atoms with van der Waals surface area (Å²) >= 11 is 0. The third-order valence-electron chi connectivity index (χ3n) is 2.96. The van der Waals surface area contributed by atoms with Crippen molar-refractivity contribution in [3.05, 3.63) is 47.5 Å². The molecule has 0 amide bonds. The fraction of sp³-hybridized carbons (Fsp3) is 0.429. The zero-order chi connectivity index (χ0) is 11.2. The average Bonchev–Trinajstić information content (AvgIpc) is 2.72. The number of rotatable bonds is 4. The van der Waals surface area contributed by atoms with E-state index in [2.05, 4.69) is 18.2 Å². The lowest BCUT2D eigenvalue weighted by molar-refractivity contribution is 0.148. The second kappa shape index (κ2) is 5.83. The van der Waals surface area contributed by atoms with Gasteiger partial charge in [-0.1, -0.05) is 42.0 Å². The summed E-state index contributed by atoms with van der Waals surface area (Å²) < 4.78 is 5.60. The molecule has 16 heavy (non-hydrogen) atoms. The molecule has 1 unspecified atom stereocenters. The van der Waals surface area contributed by atoms with E-state index in [0.29, 0.717) is 19.3 Å². The normalized spacial score (nSPS) is 22.8. The van der Waals surface area contributed by atoms with Crippen LogP contribution in [-0.4, -0.2) is 12.6 Å². The largest absolute Gasteiger partial charge is 0.373 e. The molecule has 0 heterocycles. The molecule has 0 aromatic heterocycles. The molecule has 1 fully saturated rings. The molecule has 0 saturated heterocycles. The van der Waals surface area contributed by atoms with Crippen LogP contribution in [0.5, 0.6) is 0 Å². The lowest BCUT2D eigenvalue weighted by atomic mass is 10.2. The van der Waals surface area contributed by atoms with Gasteiger partial charge in [0.2, 0.25) is 0 Å². The summed E-state index contributed by atoms with van der Waals surface area (Å²) in [7, 11) is 0. The maximum Gasteiger partial charge on any atom is 0.0721 e. The molecular formula is C14H19NO. The Labute approximate surface area is 97.1 Å². The minimum atomic E-state index is 0.375. The molecule has 2 N–H and O–H groups in total. The minimum Gasteiger partial charge on any atom is -0.373 e. The van der Waals surface area contributed by atoms with Gasteiger partial charge < -0.3 is 10.5 Å². The SMILES string of the molecule is NC1CC/C(=C/COCc2ccccc2)C1. The van der Waals surface area contributed by atoms with E-state index < -0.39 is 0 Å². The van der Waals surface area contributed by atoms with E-state index in [0.717, 1.165) is 19.3 Å². The van der Waals surface area contributed by atoms with Gasteiger partial charge in [0.25, 0.3) is 0 Å². The van der Waals surface area contributed by atoms with Crippen LogP contribution >= 0.6 is 0 Å². The van der Waals surface area contributed by atoms with Crippen LogP contribution in [0.4, 0.5) is 0 Å². The monoisotopic (exact) mass is 217 g/mol. The Balaban J connectivity index is 1.69. The molecule has 0 aliphatic heterocycles. The minimum absolute atomic E-state index is 0.375. The van der Waals surface area contributed by atoms with Crippen molar-refractivity contribution in [2.24, 2.45) is 5.73 Å². The topological polar surface area (TPSA) is 35.2 Å². The summed E-state index contributed by atoms with van der Waals surface area (Å²) in [5.74, 6) is 0. The van der Waals surface area contributed by atoms with E-state index in [9.17, 15) is 0 Å². The van der Waals surface area contributed by atoms with Gasteiger partial charge in [-0.3, -0.25) is 0 Å². The molecule has 0 bridgehead atoms. The van der Waals surface area contributed by atoms with Crippen LogP contribution in [0, 0.1) is 0 Å². The highest BCUT2D eigenvalue weighted by molar-refractivity contribution is 5.13. The first kappa shape index (κ1) is 11.4. The Morgan fingerprint density at radius 3 is 2.81 bits per heavy atom. The average molecular weight is 217 g/mol. The molecule has 2 heteroatoms. The first-order chi connectivity index (χ1) is 7.84. The molecular weight excluding hydrogens is 198 g/mol. The Morgan fingerprint density at radius 2 is 2.12 bits per heavy atom. The van der Waals surface area contributed by atoms with Gasteiger partial charge >= 0.3 is 0 Å². The van der Waals surface area contributed by atoms with Crippen molar-refractivity contribution in [3.8, 4) is 0 Å². The molecule has 1 aliphatic rings. The number of ether oxygens (including phenoxy) is 1. The van der Waals surface area contributed by atoms with Crippen molar-refractivity contribution in [2.75, 3.05) is 6.61 Å². The molecule has 1 saturated carbocycles. The van der Waals surface area contributed by atoms with E-state index in [1.54, 1.807) is 0 Å². The summed E-state index contributed by atoms with van der Waals surface area (Å²) in [6.45, 7) is 1.40. The highest BCUT2D eigenvalue weighted by Gasteiger charge is 2.14. The third kappa shape index (κ3) is 3.47. The van der Waals surface area contributed by atoms with Gasteiger partial charge in [0.05, 0.1) is 13.2 Å². The Bertz CT molecular complexity index is 345. The van der Waals surface area contributed by atoms with Crippen molar-refractivity contribution in [3.63, 3.8) is 0 Å². The maximum absolute atomic E-state index is 5.84. The molecule has 86 valence electrons. The summed E-state index contributed by atoms with van der Waals surface area (Å²) in [5, 5.41) is 0. The lowest BCUT2D eigenvalue weighted by Gasteiger charge is -2.02. The standard InChI is InChI=1S/C14H19NO/c15-14-7-6-12(10-14)8-9-16-11-13-4-2-1-3-5-13/h1-5,8,14H,6-7,9-11,15H2/b12-8-. The van der Waals surface area contributed by atoms with Gasteiger partial charge in [-0.2, -0.15) is 0 Å². The molecule has 2 rings (SSSR count). The Morgan fingerprint density at radius 1 is 1.31 bits per heavy atom. The third-order valence-corrected chi connectivity index (χ3v) is 2.96. The Kier molecular flexibility index (Phi) is 4.14. The summed E-state index contributed by atoms with van der Waals surface area (Å²) in [6, 6.07) is 10.6. The van der Waals surface area contributed by atoms with E-state index >= 15 is 0 Å². The highest BCUT2D eigenvalue weighted by atomic mass is 16.5. The molecule has 2 nitrogen and oxygen atoms in total. The van der Waals surface area contributed by atoms with Crippen molar-refractivity contribution < 1.29 is 4.74 Å². The highest BCUT2D eigenvalue weighted by Crippen LogP contribution is 2.22. The zero-order valence-corrected chi connectivity index (χ0v) is 9.56. The van der Waals surface area contributed by atoms with Crippen molar-refractivity contribution in [2.45, 2.75) is 31.9 Å². The quantitative estimate of drug-likeness (QED) is 0.621. The van der Waals surface area contributed by atoms with Gasteiger partial charge in [0.15, 0.2) is 0 Å². The van der Waals surface area contributed by atoms with Gasteiger partial charge in [-0.05, 0) is 24.8 Å². The van der Waals surface area contributed by atoms with Crippen LogP contribution in [0.3, 0.4) is 0 Å². The van der Waals surface area contributed by atoms with Crippen LogP contribution < -0.4 is 5.73 Å². The molecule has 1 aliphatic carbocycles. The van der Waals surface area contributed by atoms with Gasteiger partial charge in [-0.25, -0.2) is 0 Å². The van der Waals surface area contributed by atoms with Crippen LogP contribution in [-0.2, 0) is 11.3 Å². The van der Waals surface area contributed by atoms with Crippen LogP contribution in [0.1, 0.15) is 24.8 Å². The first-order valence-corrected chi connectivity index (χ1v) is 5.90. The van der Waals surface area contributed by atoms with E-state index in [4.69, 9.17) is 10.5 Å². The smallest absolute Gasteiger partial charge is 0.0721 e. The van der Waals surface area contributed by atoms with Gasteiger partial charge in [-0.15, -0.1) is 0 Å². The van der Waals surface area contributed by atoms with E-state index in [1.807, 2.05) is 18.2 Å². The first-order valence-electron chi connectivity index (χ1n) is 5.90. The Hall–Kier alpha value is -1.12.